The van der Waals surface area contributed by atoms with E-state index < -0.39 is 54.8 Å². The van der Waals surface area contributed by atoms with Crippen LogP contribution in [0.15, 0.2) is 96.1 Å². The van der Waals surface area contributed by atoms with Gasteiger partial charge in [0.05, 0.1) is 32.0 Å². The van der Waals surface area contributed by atoms with Gasteiger partial charge in [-0.1, -0.05) is 158 Å². The summed E-state index contributed by atoms with van der Waals surface area (Å²) in [5.41, 5.74) is 9.58. The Labute approximate surface area is 411 Å². The number of ether oxygens (including phenoxy) is 6. The molecule has 0 aliphatic carbocycles. The fraction of sp³-hybridized carbons (Fsp3) is 0.566. The summed E-state index contributed by atoms with van der Waals surface area (Å²) in [5.74, 6) is -0.746. The molecule has 12 nitrogen and oxygen atoms in total. The Morgan fingerprint density at radius 1 is 0.824 bits per heavy atom. The quantitative estimate of drug-likeness (QED) is 0.0125. The van der Waals surface area contributed by atoms with Crippen LogP contribution in [0.5, 0.6) is 11.5 Å². The number of benzene rings is 3. The second-order valence-electron chi connectivity index (χ2n) is 22.0. The zero-order valence-electron chi connectivity index (χ0n) is 43.9. The Hall–Kier alpha value is -4.03. The van der Waals surface area contributed by atoms with E-state index in [0.717, 1.165) is 6.04 Å². The van der Waals surface area contributed by atoms with E-state index in [-0.39, 0.29) is 54.2 Å². The number of azide groups is 1. The first-order chi connectivity index (χ1) is 31.8. The highest BCUT2D eigenvalue weighted by Crippen LogP contribution is 2.42. The van der Waals surface area contributed by atoms with Gasteiger partial charge in [0.15, 0.2) is 20.9 Å². The normalized spacial score (nSPS) is 18.3. The van der Waals surface area contributed by atoms with Crippen LogP contribution in [0, 0.1) is 5.92 Å². The van der Waals surface area contributed by atoms with Gasteiger partial charge < -0.3 is 37.3 Å². The molecule has 1 heterocycles. The predicted molar refractivity (Wildman–Crippen MR) is 283 cm³/mol. The number of hydrogen-bond acceptors (Lipinski definition) is 10. The molecule has 5 atom stereocenters. The Morgan fingerprint density at radius 3 is 1.97 bits per heavy atom. The summed E-state index contributed by atoms with van der Waals surface area (Å²) in [5, 5.41) is 5.85. The van der Waals surface area contributed by atoms with E-state index in [1.54, 1.807) is 12.1 Å². The molecule has 374 valence electrons. The molecule has 0 aromatic heterocycles. The van der Waals surface area contributed by atoms with Crippen LogP contribution in [0.4, 0.5) is 0 Å². The van der Waals surface area contributed by atoms with Crippen molar-refractivity contribution in [1.82, 2.24) is 0 Å². The topological polar surface area (TPSA) is 140 Å². The highest BCUT2D eigenvalue weighted by molar-refractivity contribution is 6.99. The Kier molecular flexibility index (Phi) is 20.1. The van der Waals surface area contributed by atoms with Crippen molar-refractivity contribution in [1.29, 1.82) is 0 Å². The minimum atomic E-state index is -2.83. The summed E-state index contributed by atoms with van der Waals surface area (Å²) in [4.78, 5) is 16.9. The molecule has 0 saturated carbocycles. The maximum absolute atomic E-state index is 14.0. The summed E-state index contributed by atoms with van der Waals surface area (Å²) in [6.07, 6.45) is 7.09. The van der Waals surface area contributed by atoms with Crippen molar-refractivity contribution in [2.75, 3.05) is 33.7 Å². The molecular weight excluding hydrogens is 907 g/mol. The molecule has 15 heteroatoms. The average molecular weight is 989 g/mol. The maximum Gasteiger partial charge on any atom is 0.342 e. The SMILES string of the molecule is COCOc1ccc(OCCN=[N+]=[N-])c(/C=C/C[C@@H]2OC(C)(C)O[C@@H]2C(/C=C\[C@@H](C)C(C)O[Si](c2ccccc2)(c2ccccc2)C(C)(C)C)O[Si](C)(C)C(C)(C)C)c1C(=O)OCC[Si](C)(C)C. The molecule has 68 heavy (non-hydrogen) atoms. The average Bonchev–Trinajstić information content (AvgIpc) is 3.57. The van der Waals surface area contributed by atoms with Crippen LogP contribution in [0.1, 0.15) is 91.6 Å². The van der Waals surface area contributed by atoms with Gasteiger partial charge in [-0.25, -0.2) is 4.79 Å². The Bertz CT molecular complexity index is 2140. The number of carbonyl (C=O) groups is 1. The van der Waals surface area contributed by atoms with Crippen LogP contribution < -0.4 is 19.8 Å². The molecule has 1 aliphatic heterocycles. The molecule has 0 amide bonds. The molecule has 4 rings (SSSR count). The van der Waals surface area contributed by atoms with Crippen molar-refractivity contribution in [3.05, 3.63) is 113 Å². The first-order valence-corrected chi connectivity index (χ1v) is 32.6. The second-order valence-corrected chi connectivity index (χ2v) is 36.6. The van der Waals surface area contributed by atoms with Gasteiger partial charge in [-0.3, -0.25) is 0 Å². The Balaban J connectivity index is 1.75. The van der Waals surface area contributed by atoms with Crippen LogP contribution in [-0.2, 0) is 27.8 Å². The van der Waals surface area contributed by atoms with Gasteiger partial charge in [-0.15, -0.1) is 0 Å². The molecule has 2 unspecified atom stereocenters. The van der Waals surface area contributed by atoms with Crippen molar-refractivity contribution >= 4 is 47.1 Å². The van der Waals surface area contributed by atoms with Crippen LogP contribution in [0.3, 0.4) is 0 Å². The molecule has 1 saturated heterocycles. The highest BCUT2D eigenvalue weighted by atomic mass is 28.4. The molecule has 0 radical (unpaired) electrons. The van der Waals surface area contributed by atoms with E-state index >= 15 is 0 Å². The number of carbonyl (C=O) groups excluding carboxylic acids is 1. The summed E-state index contributed by atoms with van der Waals surface area (Å²) in [6.45, 7) is 33.5. The van der Waals surface area contributed by atoms with E-state index in [9.17, 15) is 4.79 Å². The van der Waals surface area contributed by atoms with Gasteiger partial charge in [-0.05, 0) is 90.4 Å². The first-order valence-electron chi connectivity index (χ1n) is 24.0. The first kappa shape index (κ1) is 56.6. The fourth-order valence-corrected chi connectivity index (χ4v) is 14.7. The van der Waals surface area contributed by atoms with Gasteiger partial charge in [0, 0.05) is 31.8 Å². The number of rotatable bonds is 24. The maximum atomic E-state index is 14.0. The molecule has 0 spiro atoms. The van der Waals surface area contributed by atoms with Crippen LogP contribution in [0.2, 0.25) is 48.9 Å². The van der Waals surface area contributed by atoms with Crippen LogP contribution in [-0.4, -0.2) is 94.5 Å². The van der Waals surface area contributed by atoms with Gasteiger partial charge in [0.25, 0.3) is 8.32 Å². The molecule has 0 N–H and O–H groups in total. The van der Waals surface area contributed by atoms with Gasteiger partial charge in [-0.2, -0.15) is 0 Å². The largest absolute Gasteiger partial charge is 0.493 e. The highest BCUT2D eigenvalue weighted by Gasteiger charge is 2.52. The lowest BCUT2D eigenvalue weighted by Crippen LogP contribution is -2.67. The molecule has 3 aromatic rings. The lowest BCUT2D eigenvalue weighted by Gasteiger charge is -2.45. The minimum absolute atomic E-state index is 0.00429. The zero-order chi connectivity index (χ0) is 50.6. The summed E-state index contributed by atoms with van der Waals surface area (Å²) < 4.78 is 51.5. The lowest BCUT2D eigenvalue weighted by atomic mass is 9.99. The number of esters is 1. The number of hydrogen-bond donors (Lipinski definition) is 0. The summed E-state index contributed by atoms with van der Waals surface area (Å²) in [7, 11) is -5.20. The van der Waals surface area contributed by atoms with Crippen molar-refractivity contribution in [2.45, 2.75) is 155 Å². The third-order valence-electron chi connectivity index (χ3n) is 12.9. The summed E-state index contributed by atoms with van der Waals surface area (Å²) in [6, 6.07) is 25.7. The van der Waals surface area contributed by atoms with E-state index in [4.69, 9.17) is 42.8 Å². The van der Waals surface area contributed by atoms with Crippen molar-refractivity contribution in [3.8, 4) is 11.5 Å². The van der Waals surface area contributed by atoms with E-state index in [0.29, 0.717) is 23.5 Å². The van der Waals surface area contributed by atoms with E-state index in [2.05, 4.69) is 171 Å². The Morgan fingerprint density at radius 2 is 1.43 bits per heavy atom. The minimum Gasteiger partial charge on any atom is -0.493 e. The predicted octanol–water partition coefficient (Wildman–Crippen LogP) is 12.3. The molecule has 1 aliphatic rings. The van der Waals surface area contributed by atoms with Gasteiger partial charge in [0.2, 0.25) is 0 Å². The molecule has 0 bridgehead atoms. The van der Waals surface area contributed by atoms with Crippen molar-refractivity contribution < 1.29 is 42.1 Å². The monoisotopic (exact) mass is 988 g/mol. The third-order valence-corrected chi connectivity index (χ3v) is 24.2. The van der Waals surface area contributed by atoms with Crippen molar-refractivity contribution in [2.24, 2.45) is 11.0 Å². The standard InChI is InChI=1S/C53H81N3O9Si3/c1-39(40(2)64-68(52(6,7)8,41-24-19-17-20-25-41)42-26-21-18-22-27-42)30-31-47(65-67(15,16)51(3,4)5)49-46(62-53(9,10)63-49)29-23-28-43-44(59-35-34-55-56-54)32-33-45(61-38-58-11)48(43)50(57)60-36-37-66(12,13)14/h17-28,30-33,39-40,46-47,49H,29,34-38H2,1-16H3/b28-23+,31-30-/t39-,40?,46+,47?,49+/m1/s1. The van der Waals surface area contributed by atoms with Gasteiger partial charge in [0.1, 0.15) is 23.2 Å². The molecular formula is C53H81N3O9Si3. The van der Waals surface area contributed by atoms with E-state index in [1.807, 2.05) is 26.0 Å². The smallest absolute Gasteiger partial charge is 0.342 e. The second kappa shape index (κ2) is 24.2. The molecule has 3 aromatic carbocycles. The zero-order valence-corrected chi connectivity index (χ0v) is 46.9. The number of nitrogens with zero attached hydrogens (tertiary/aromatic N) is 3. The van der Waals surface area contributed by atoms with Gasteiger partial charge >= 0.3 is 5.97 Å². The lowest BCUT2D eigenvalue weighted by molar-refractivity contribution is -0.151. The summed E-state index contributed by atoms with van der Waals surface area (Å²) >= 11 is 0. The fourth-order valence-electron chi connectivity index (χ4n) is 7.98. The molecule has 1 fully saturated rings. The van der Waals surface area contributed by atoms with Crippen LogP contribution in [0.25, 0.3) is 16.5 Å². The van der Waals surface area contributed by atoms with E-state index in [1.165, 1.54) is 17.5 Å². The third kappa shape index (κ3) is 15.2. The number of methoxy groups -OCH3 is 1. The van der Waals surface area contributed by atoms with Crippen molar-refractivity contribution in [3.63, 3.8) is 0 Å². The van der Waals surface area contributed by atoms with Crippen LogP contribution >= 0.6 is 0 Å².